The first-order valence-corrected chi connectivity index (χ1v) is 9.98. The molecule has 3 rings (SSSR count). The van der Waals surface area contributed by atoms with E-state index in [1.807, 2.05) is 43.8 Å². The van der Waals surface area contributed by atoms with Gasteiger partial charge < -0.3 is 0 Å². The number of rotatable bonds is 5. The van der Waals surface area contributed by atoms with Gasteiger partial charge in [0.25, 0.3) is 0 Å². The summed E-state index contributed by atoms with van der Waals surface area (Å²) in [6, 6.07) is 3.82. The van der Waals surface area contributed by atoms with Crippen LogP contribution in [0.15, 0.2) is 23.2 Å². The summed E-state index contributed by atoms with van der Waals surface area (Å²) in [6.07, 6.45) is 6.46. The molecule has 0 radical (unpaired) electrons. The molecule has 24 heavy (non-hydrogen) atoms. The number of benzene rings is 1. The van der Waals surface area contributed by atoms with E-state index in [9.17, 15) is 8.42 Å². The molecule has 1 aromatic heterocycles. The minimum absolute atomic E-state index is 0.350. The first-order valence-electron chi connectivity index (χ1n) is 8.49. The predicted octanol–water partition coefficient (Wildman–Crippen LogP) is 2.67. The van der Waals surface area contributed by atoms with Crippen molar-refractivity contribution in [2.45, 2.75) is 57.9 Å². The van der Waals surface area contributed by atoms with E-state index in [1.165, 1.54) is 24.1 Å². The molecule has 0 aliphatic heterocycles. The summed E-state index contributed by atoms with van der Waals surface area (Å²) in [4.78, 5) is 0.399. The second kappa shape index (κ2) is 6.69. The summed E-state index contributed by atoms with van der Waals surface area (Å²) in [5.41, 5.74) is 5.23. The molecule has 1 N–H and O–H groups in total. The van der Waals surface area contributed by atoms with Gasteiger partial charge in [-0.3, -0.25) is 4.68 Å². The summed E-state index contributed by atoms with van der Waals surface area (Å²) >= 11 is 0. The van der Waals surface area contributed by atoms with Gasteiger partial charge in [-0.15, -0.1) is 0 Å². The zero-order valence-electron chi connectivity index (χ0n) is 14.6. The van der Waals surface area contributed by atoms with Gasteiger partial charge in [-0.05, 0) is 63.1 Å². The van der Waals surface area contributed by atoms with Gasteiger partial charge in [0.15, 0.2) is 0 Å². The predicted molar refractivity (Wildman–Crippen MR) is 94.7 cm³/mol. The summed E-state index contributed by atoms with van der Waals surface area (Å²) < 4.78 is 30.0. The minimum Gasteiger partial charge on any atom is -0.268 e. The number of fused-ring (bicyclic) bond motifs is 1. The maximum absolute atomic E-state index is 12.7. The molecule has 0 amide bonds. The van der Waals surface area contributed by atoms with Crippen molar-refractivity contribution in [3.63, 3.8) is 0 Å². The molecule has 6 heteroatoms. The van der Waals surface area contributed by atoms with Crippen LogP contribution in [0.25, 0.3) is 0 Å². The summed E-state index contributed by atoms with van der Waals surface area (Å²) in [5, 5.41) is 4.42. The van der Waals surface area contributed by atoms with Crippen molar-refractivity contribution >= 4 is 10.0 Å². The van der Waals surface area contributed by atoms with E-state index in [1.54, 1.807) is 0 Å². The number of aryl methyl sites for hydroxylation is 4. The van der Waals surface area contributed by atoms with Crippen LogP contribution in [-0.4, -0.2) is 24.7 Å². The first kappa shape index (κ1) is 17.2. The highest BCUT2D eigenvalue weighted by Crippen LogP contribution is 2.22. The Morgan fingerprint density at radius 3 is 2.50 bits per heavy atom. The molecule has 1 aliphatic rings. The van der Waals surface area contributed by atoms with Gasteiger partial charge in [-0.1, -0.05) is 17.7 Å². The van der Waals surface area contributed by atoms with Gasteiger partial charge in [-0.25, -0.2) is 13.1 Å². The molecule has 0 unspecified atom stereocenters. The highest BCUT2D eigenvalue weighted by atomic mass is 32.2. The fourth-order valence-corrected chi connectivity index (χ4v) is 5.17. The maximum Gasteiger partial charge on any atom is 0.241 e. The SMILES string of the molecule is Cc1cc(C)c(S(=O)(=O)NCCn2ncc3c2CCCC3)c(C)c1. The van der Waals surface area contributed by atoms with Crippen LogP contribution in [0.1, 0.15) is 40.8 Å². The number of aromatic nitrogens is 2. The van der Waals surface area contributed by atoms with E-state index in [0.29, 0.717) is 18.0 Å². The van der Waals surface area contributed by atoms with E-state index < -0.39 is 10.0 Å². The van der Waals surface area contributed by atoms with Crippen molar-refractivity contribution in [3.8, 4) is 0 Å². The zero-order valence-corrected chi connectivity index (χ0v) is 15.4. The van der Waals surface area contributed by atoms with Gasteiger partial charge in [0.2, 0.25) is 10.0 Å². The number of hydrogen-bond donors (Lipinski definition) is 1. The lowest BCUT2D eigenvalue weighted by Gasteiger charge is -2.15. The molecule has 0 atom stereocenters. The van der Waals surface area contributed by atoms with Crippen LogP contribution in [0, 0.1) is 20.8 Å². The molecular weight excluding hydrogens is 322 g/mol. The Hall–Kier alpha value is -1.66. The van der Waals surface area contributed by atoms with Gasteiger partial charge in [-0.2, -0.15) is 5.10 Å². The average Bonchev–Trinajstić information content (AvgIpc) is 2.89. The van der Waals surface area contributed by atoms with E-state index in [2.05, 4.69) is 9.82 Å². The van der Waals surface area contributed by atoms with E-state index in [4.69, 9.17) is 0 Å². The van der Waals surface area contributed by atoms with Crippen molar-refractivity contribution in [1.82, 2.24) is 14.5 Å². The molecule has 5 nitrogen and oxygen atoms in total. The van der Waals surface area contributed by atoms with Gasteiger partial charge in [0.05, 0.1) is 17.6 Å². The Morgan fingerprint density at radius 2 is 1.79 bits per heavy atom. The molecule has 1 aromatic carbocycles. The average molecular weight is 347 g/mol. The van der Waals surface area contributed by atoms with Crippen molar-refractivity contribution in [2.24, 2.45) is 0 Å². The molecule has 0 fully saturated rings. The second-order valence-corrected chi connectivity index (χ2v) is 8.38. The molecule has 0 spiro atoms. The lowest BCUT2D eigenvalue weighted by Crippen LogP contribution is -2.29. The highest BCUT2D eigenvalue weighted by molar-refractivity contribution is 7.89. The van der Waals surface area contributed by atoms with E-state index in [0.717, 1.165) is 29.5 Å². The van der Waals surface area contributed by atoms with Crippen LogP contribution in [-0.2, 0) is 29.4 Å². The minimum atomic E-state index is -3.50. The number of hydrogen-bond acceptors (Lipinski definition) is 3. The smallest absolute Gasteiger partial charge is 0.241 e. The number of sulfonamides is 1. The molecule has 1 heterocycles. The molecule has 0 saturated carbocycles. The van der Waals surface area contributed by atoms with Crippen LogP contribution in [0.4, 0.5) is 0 Å². The molecule has 1 aliphatic carbocycles. The van der Waals surface area contributed by atoms with Gasteiger partial charge in [0, 0.05) is 12.2 Å². The Balaban J connectivity index is 1.71. The van der Waals surface area contributed by atoms with Crippen LogP contribution >= 0.6 is 0 Å². The van der Waals surface area contributed by atoms with E-state index >= 15 is 0 Å². The Morgan fingerprint density at radius 1 is 1.12 bits per heavy atom. The molecule has 130 valence electrons. The Bertz CT molecular complexity index is 830. The standard InChI is InChI=1S/C18H25N3O2S/c1-13-10-14(2)18(15(3)11-13)24(22,23)20-8-9-21-17-7-5-4-6-16(17)12-19-21/h10-12,20H,4-9H2,1-3H3. The Kier molecular flexibility index (Phi) is 4.78. The third kappa shape index (κ3) is 3.39. The van der Waals surface area contributed by atoms with Crippen LogP contribution in [0.2, 0.25) is 0 Å². The lowest BCUT2D eigenvalue weighted by molar-refractivity contribution is 0.538. The molecule has 0 bridgehead atoms. The van der Waals surface area contributed by atoms with Crippen LogP contribution in [0.5, 0.6) is 0 Å². The summed E-state index contributed by atoms with van der Waals surface area (Å²) in [6.45, 7) is 6.59. The molecule has 2 aromatic rings. The Labute approximate surface area is 144 Å². The quantitative estimate of drug-likeness (QED) is 0.904. The molecule has 0 saturated heterocycles. The van der Waals surface area contributed by atoms with Crippen molar-refractivity contribution in [2.75, 3.05) is 6.54 Å². The van der Waals surface area contributed by atoms with Crippen LogP contribution in [0.3, 0.4) is 0 Å². The third-order valence-electron chi connectivity index (χ3n) is 4.63. The largest absolute Gasteiger partial charge is 0.268 e. The normalized spacial score (nSPS) is 14.6. The van der Waals surface area contributed by atoms with E-state index in [-0.39, 0.29) is 0 Å². The number of nitrogens with one attached hydrogen (secondary N) is 1. The first-order chi connectivity index (χ1) is 11.4. The van der Waals surface area contributed by atoms with Crippen molar-refractivity contribution in [3.05, 3.63) is 46.3 Å². The maximum atomic E-state index is 12.7. The summed E-state index contributed by atoms with van der Waals surface area (Å²) in [5.74, 6) is 0. The highest BCUT2D eigenvalue weighted by Gasteiger charge is 2.20. The third-order valence-corrected chi connectivity index (χ3v) is 6.40. The van der Waals surface area contributed by atoms with Crippen molar-refractivity contribution < 1.29 is 8.42 Å². The fourth-order valence-electron chi connectivity index (χ4n) is 3.70. The van der Waals surface area contributed by atoms with Gasteiger partial charge >= 0.3 is 0 Å². The topological polar surface area (TPSA) is 64.0 Å². The zero-order chi connectivity index (χ0) is 17.3. The fraction of sp³-hybridized carbons (Fsp3) is 0.500. The monoisotopic (exact) mass is 347 g/mol. The van der Waals surface area contributed by atoms with Crippen molar-refractivity contribution in [1.29, 1.82) is 0 Å². The second-order valence-electron chi connectivity index (χ2n) is 6.67. The van der Waals surface area contributed by atoms with Gasteiger partial charge in [0.1, 0.15) is 0 Å². The summed E-state index contributed by atoms with van der Waals surface area (Å²) in [7, 11) is -3.50. The van der Waals surface area contributed by atoms with Crippen LogP contribution < -0.4 is 4.72 Å². The molecular formula is C18H25N3O2S. The number of nitrogens with zero attached hydrogens (tertiary/aromatic N) is 2. The lowest BCUT2D eigenvalue weighted by atomic mass is 9.98.